The van der Waals surface area contributed by atoms with Crippen LogP contribution in [0.1, 0.15) is 34.9 Å². The van der Waals surface area contributed by atoms with Crippen LogP contribution in [0.3, 0.4) is 0 Å². The first-order chi connectivity index (χ1) is 15.0. The molecular formula is C24H20Cl3NO3. The second kappa shape index (κ2) is 9.60. The van der Waals surface area contributed by atoms with E-state index in [9.17, 15) is 9.90 Å². The molecule has 7 heteroatoms. The third kappa shape index (κ3) is 4.74. The number of carbonyl (C=O) groups excluding carboxylic acids is 1. The van der Waals surface area contributed by atoms with Gasteiger partial charge in [-0.15, -0.1) is 0 Å². The average molecular weight is 477 g/mol. The SMILES string of the molecule is O=C1CO[C@@H](c2ccc(Cl)cc2)[C@@H](c2ccc(Cl)cc2)N1C(CO)c1ccc(Cl)cc1. The summed E-state index contributed by atoms with van der Waals surface area (Å²) >= 11 is 18.2. The largest absolute Gasteiger partial charge is 0.394 e. The molecule has 1 amide bonds. The summed E-state index contributed by atoms with van der Waals surface area (Å²) in [5, 5.41) is 12.1. The van der Waals surface area contributed by atoms with Gasteiger partial charge in [0.15, 0.2) is 0 Å². The number of amides is 1. The highest BCUT2D eigenvalue weighted by atomic mass is 35.5. The lowest BCUT2D eigenvalue weighted by Gasteiger charge is -2.45. The molecule has 0 aliphatic carbocycles. The standard InChI is InChI=1S/C24H20Cl3NO3/c25-18-7-1-15(2-8-18)21(13-29)28-22(30)14-31-24(17-5-11-20(27)12-6-17)23(28)16-3-9-19(26)10-4-16/h1-12,21,23-24,29H,13-14H2/t21?,23-,24+/m1/s1. The van der Waals surface area contributed by atoms with Crippen LogP contribution in [0.25, 0.3) is 0 Å². The number of carbonyl (C=O) groups is 1. The van der Waals surface area contributed by atoms with Crippen LogP contribution in [0.2, 0.25) is 15.1 Å². The molecule has 1 aliphatic rings. The van der Waals surface area contributed by atoms with E-state index in [0.717, 1.165) is 16.7 Å². The van der Waals surface area contributed by atoms with Crippen LogP contribution in [0.5, 0.6) is 0 Å². The van der Waals surface area contributed by atoms with E-state index in [-0.39, 0.29) is 19.1 Å². The number of morpholine rings is 1. The molecule has 1 N–H and O–H groups in total. The van der Waals surface area contributed by atoms with Crippen LogP contribution in [0.4, 0.5) is 0 Å². The Kier molecular flexibility index (Phi) is 6.85. The second-order valence-corrected chi connectivity index (χ2v) is 8.64. The van der Waals surface area contributed by atoms with E-state index < -0.39 is 18.2 Å². The minimum absolute atomic E-state index is 0.0958. The maximum atomic E-state index is 13.1. The monoisotopic (exact) mass is 475 g/mol. The molecule has 1 saturated heterocycles. The van der Waals surface area contributed by atoms with Gasteiger partial charge in [-0.2, -0.15) is 0 Å². The van der Waals surface area contributed by atoms with Gasteiger partial charge in [0, 0.05) is 15.1 Å². The Hall–Kier alpha value is -2.08. The first kappa shape index (κ1) is 22.1. The Morgan fingerprint density at radius 3 is 1.84 bits per heavy atom. The fourth-order valence-electron chi connectivity index (χ4n) is 3.96. The lowest BCUT2D eigenvalue weighted by molar-refractivity contribution is -0.165. The minimum atomic E-state index is -0.566. The molecule has 0 bridgehead atoms. The first-order valence-corrected chi connectivity index (χ1v) is 10.9. The molecule has 0 radical (unpaired) electrons. The van der Waals surface area contributed by atoms with Gasteiger partial charge in [-0.1, -0.05) is 71.2 Å². The second-order valence-electron chi connectivity index (χ2n) is 7.33. The van der Waals surface area contributed by atoms with E-state index in [1.165, 1.54) is 0 Å². The first-order valence-electron chi connectivity index (χ1n) is 9.78. The molecule has 3 aromatic rings. The Balaban J connectivity index is 1.82. The minimum Gasteiger partial charge on any atom is -0.394 e. The number of hydrogen-bond donors (Lipinski definition) is 1. The van der Waals surface area contributed by atoms with E-state index in [2.05, 4.69) is 0 Å². The summed E-state index contributed by atoms with van der Waals surface area (Å²) < 4.78 is 6.02. The van der Waals surface area contributed by atoms with E-state index in [4.69, 9.17) is 39.5 Å². The predicted molar refractivity (Wildman–Crippen MR) is 122 cm³/mol. The van der Waals surface area contributed by atoms with Crippen molar-refractivity contribution in [2.24, 2.45) is 0 Å². The molecule has 1 aliphatic heterocycles. The number of rotatable bonds is 5. The van der Waals surface area contributed by atoms with Gasteiger partial charge in [0.1, 0.15) is 12.7 Å². The summed E-state index contributed by atoms with van der Waals surface area (Å²) in [6, 6.07) is 20.8. The molecule has 31 heavy (non-hydrogen) atoms. The highest BCUT2D eigenvalue weighted by molar-refractivity contribution is 6.31. The fraction of sp³-hybridized carbons (Fsp3) is 0.208. The van der Waals surface area contributed by atoms with Crippen LogP contribution in [0, 0.1) is 0 Å². The molecule has 4 rings (SSSR count). The molecule has 1 fully saturated rings. The number of nitrogens with zero attached hydrogens (tertiary/aromatic N) is 1. The molecule has 160 valence electrons. The number of hydrogen-bond acceptors (Lipinski definition) is 3. The molecule has 0 saturated carbocycles. The van der Waals surface area contributed by atoms with E-state index in [1.54, 1.807) is 41.3 Å². The Bertz CT molecular complexity index is 1040. The zero-order valence-corrected chi connectivity index (χ0v) is 18.7. The van der Waals surface area contributed by atoms with Crippen LogP contribution in [0.15, 0.2) is 72.8 Å². The Morgan fingerprint density at radius 1 is 0.839 bits per heavy atom. The van der Waals surface area contributed by atoms with E-state index in [1.807, 2.05) is 36.4 Å². The van der Waals surface area contributed by atoms with E-state index >= 15 is 0 Å². The third-order valence-electron chi connectivity index (χ3n) is 5.43. The lowest BCUT2D eigenvalue weighted by Crippen LogP contribution is -2.48. The normalized spacial score (nSPS) is 20.0. The highest BCUT2D eigenvalue weighted by Crippen LogP contribution is 2.44. The van der Waals surface area contributed by atoms with Gasteiger partial charge >= 0.3 is 0 Å². The summed E-state index contributed by atoms with van der Waals surface area (Å²) in [6.07, 6.45) is -0.447. The van der Waals surface area contributed by atoms with Crippen LogP contribution >= 0.6 is 34.8 Å². The van der Waals surface area contributed by atoms with Crippen molar-refractivity contribution < 1.29 is 14.6 Å². The molecule has 1 heterocycles. The van der Waals surface area contributed by atoms with Crippen molar-refractivity contribution in [1.29, 1.82) is 0 Å². The van der Waals surface area contributed by atoms with Crippen molar-refractivity contribution in [2.45, 2.75) is 18.2 Å². The number of ether oxygens (including phenoxy) is 1. The van der Waals surface area contributed by atoms with Gasteiger partial charge in [0.25, 0.3) is 0 Å². The zero-order valence-electron chi connectivity index (χ0n) is 16.4. The summed E-state index contributed by atoms with van der Waals surface area (Å²) in [5.74, 6) is -0.209. The molecule has 0 spiro atoms. The Labute approximate surface area is 195 Å². The number of benzene rings is 3. The maximum absolute atomic E-state index is 13.1. The van der Waals surface area contributed by atoms with Gasteiger partial charge in [-0.05, 0) is 53.1 Å². The van der Waals surface area contributed by atoms with Gasteiger partial charge in [-0.25, -0.2) is 0 Å². The van der Waals surface area contributed by atoms with Crippen molar-refractivity contribution >= 4 is 40.7 Å². The van der Waals surface area contributed by atoms with Crippen molar-refractivity contribution in [3.05, 3.63) is 105 Å². The maximum Gasteiger partial charge on any atom is 0.249 e. The summed E-state index contributed by atoms with van der Waals surface area (Å²) in [6.45, 7) is -0.341. The van der Waals surface area contributed by atoms with Gasteiger partial charge in [0.2, 0.25) is 5.91 Å². The van der Waals surface area contributed by atoms with Crippen molar-refractivity contribution in [2.75, 3.05) is 13.2 Å². The quantitative estimate of drug-likeness (QED) is 0.490. The molecule has 1 unspecified atom stereocenters. The Morgan fingerprint density at radius 2 is 1.32 bits per heavy atom. The molecular weight excluding hydrogens is 457 g/mol. The van der Waals surface area contributed by atoms with E-state index in [0.29, 0.717) is 15.1 Å². The van der Waals surface area contributed by atoms with Gasteiger partial charge < -0.3 is 14.7 Å². The molecule has 4 nitrogen and oxygen atoms in total. The molecule has 0 aromatic heterocycles. The summed E-state index contributed by atoms with van der Waals surface area (Å²) in [5.41, 5.74) is 2.52. The summed E-state index contributed by atoms with van der Waals surface area (Å²) in [4.78, 5) is 14.8. The predicted octanol–water partition coefficient (Wildman–Crippen LogP) is 6.02. The molecule has 3 aromatic carbocycles. The lowest BCUT2D eigenvalue weighted by atomic mass is 9.90. The number of halogens is 3. The van der Waals surface area contributed by atoms with Crippen LogP contribution < -0.4 is 0 Å². The third-order valence-corrected chi connectivity index (χ3v) is 6.19. The summed E-state index contributed by atoms with van der Waals surface area (Å²) in [7, 11) is 0. The van der Waals surface area contributed by atoms with Crippen molar-refractivity contribution in [1.82, 2.24) is 4.90 Å². The molecule has 3 atom stereocenters. The van der Waals surface area contributed by atoms with Crippen molar-refractivity contribution in [3.63, 3.8) is 0 Å². The van der Waals surface area contributed by atoms with Crippen LogP contribution in [-0.2, 0) is 9.53 Å². The zero-order chi connectivity index (χ0) is 22.0. The van der Waals surface area contributed by atoms with Gasteiger partial charge in [-0.3, -0.25) is 4.79 Å². The average Bonchev–Trinajstić information content (AvgIpc) is 2.78. The van der Waals surface area contributed by atoms with Gasteiger partial charge in [0.05, 0.1) is 18.7 Å². The van der Waals surface area contributed by atoms with Crippen LogP contribution in [-0.4, -0.2) is 29.1 Å². The fourth-order valence-corrected chi connectivity index (χ4v) is 4.34. The number of aliphatic hydroxyl groups is 1. The number of aliphatic hydroxyl groups excluding tert-OH is 1. The topological polar surface area (TPSA) is 49.8 Å². The van der Waals surface area contributed by atoms with Crippen molar-refractivity contribution in [3.8, 4) is 0 Å². The smallest absolute Gasteiger partial charge is 0.249 e. The highest BCUT2D eigenvalue weighted by Gasteiger charge is 2.42.